The third-order valence-electron chi connectivity index (χ3n) is 3.87. The second kappa shape index (κ2) is 9.92. The first-order valence-corrected chi connectivity index (χ1v) is 8.95. The Morgan fingerprint density at radius 3 is 2.90 bits per heavy atom. The topological polar surface area (TPSA) is 44.4 Å². The largest absolute Gasteiger partial charge is 0.355 e. The Morgan fingerprint density at radius 2 is 2.14 bits per heavy atom. The molecule has 1 amide bonds. The van der Waals surface area contributed by atoms with Gasteiger partial charge in [-0.25, -0.2) is 0 Å². The smallest absolute Gasteiger partial charge is 0.220 e. The van der Waals surface area contributed by atoms with E-state index in [0.29, 0.717) is 6.42 Å². The van der Waals surface area contributed by atoms with Crippen molar-refractivity contribution in [2.45, 2.75) is 32.1 Å². The van der Waals surface area contributed by atoms with Crippen molar-refractivity contribution in [1.29, 1.82) is 0 Å². The van der Waals surface area contributed by atoms with Gasteiger partial charge in [0.25, 0.3) is 0 Å². The van der Waals surface area contributed by atoms with Crippen molar-refractivity contribution in [3.63, 3.8) is 0 Å². The number of nitrogens with zero attached hydrogens (tertiary/aromatic N) is 1. The van der Waals surface area contributed by atoms with E-state index in [2.05, 4.69) is 33.0 Å². The summed E-state index contributed by atoms with van der Waals surface area (Å²) in [6, 6.07) is 4.29. The summed E-state index contributed by atoms with van der Waals surface area (Å²) in [5.41, 5.74) is 0. The monoisotopic (exact) mass is 309 g/mol. The Bertz CT molecular complexity index is 388. The van der Waals surface area contributed by atoms with E-state index in [4.69, 9.17) is 0 Å². The maximum absolute atomic E-state index is 11.7. The number of amides is 1. The van der Waals surface area contributed by atoms with Crippen molar-refractivity contribution in [1.82, 2.24) is 15.5 Å². The minimum Gasteiger partial charge on any atom is -0.355 e. The molecule has 0 bridgehead atoms. The first-order valence-electron chi connectivity index (χ1n) is 8.07. The van der Waals surface area contributed by atoms with E-state index in [-0.39, 0.29) is 5.91 Å². The van der Waals surface area contributed by atoms with Gasteiger partial charge in [0.05, 0.1) is 0 Å². The molecule has 0 spiro atoms. The summed E-state index contributed by atoms with van der Waals surface area (Å²) in [4.78, 5) is 15.6. The molecule has 1 aliphatic heterocycles. The Hall–Kier alpha value is -0.910. The average molecular weight is 309 g/mol. The molecule has 4 nitrogen and oxygen atoms in total. The highest BCUT2D eigenvalue weighted by Gasteiger charge is 2.09. The number of aryl methyl sites for hydroxylation is 1. The molecule has 2 heterocycles. The van der Waals surface area contributed by atoms with Crippen LogP contribution in [0.15, 0.2) is 17.5 Å². The third kappa shape index (κ3) is 7.07. The number of unbranched alkanes of at least 4 members (excludes halogenated alkanes) is 2. The van der Waals surface area contributed by atoms with Crippen molar-refractivity contribution in [2.24, 2.45) is 0 Å². The summed E-state index contributed by atoms with van der Waals surface area (Å²) < 4.78 is 0. The lowest BCUT2D eigenvalue weighted by Crippen LogP contribution is -2.46. The SMILES string of the molecule is O=C(CCCCCc1cccs1)NCCN1CCNCC1. The fourth-order valence-corrected chi connectivity index (χ4v) is 3.34. The second-order valence-corrected chi connectivity index (χ2v) is 6.61. The predicted octanol–water partition coefficient (Wildman–Crippen LogP) is 1.87. The molecular formula is C16H27N3OS. The molecule has 0 aromatic carbocycles. The van der Waals surface area contributed by atoms with Crippen LogP contribution < -0.4 is 10.6 Å². The molecule has 2 N–H and O–H groups in total. The molecule has 1 aliphatic rings. The maximum atomic E-state index is 11.7. The molecule has 1 fully saturated rings. The van der Waals surface area contributed by atoms with E-state index in [1.807, 2.05) is 11.3 Å². The van der Waals surface area contributed by atoms with Crippen molar-refractivity contribution < 1.29 is 4.79 Å². The highest BCUT2D eigenvalue weighted by atomic mass is 32.1. The van der Waals surface area contributed by atoms with Crippen molar-refractivity contribution >= 4 is 17.2 Å². The van der Waals surface area contributed by atoms with Crippen LogP contribution in [0.1, 0.15) is 30.6 Å². The average Bonchev–Trinajstić information content (AvgIpc) is 3.01. The molecule has 0 unspecified atom stereocenters. The number of piperazine rings is 1. The molecule has 0 aliphatic carbocycles. The van der Waals surface area contributed by atoms with E-state index < -0.39 is 0 Å². The molecular weight excluding hydrogens is 282 g/mol. The van der Waals surface area contributed by atoms with E-state index in [1.54, 1.807) is 0 Å². The number of hydrogen-bond donors (Lipinski definition) is 2. The van der Waals surface area contributed by atoms with Gasteiger partial charge in [0, 0.05) is 50.6 Å². The first-order chi connectivity index (χ1) is 10.3. The van der Waals surface area contributed by atoms with Crippen LogP contribution in [0.2, 0.25) is 0 Å². The zero-order valence-corrected chi connectivity index (χ0v) is 13.6. The normalized spacial score (nSPS) is 16.0. The molecule has 0 radical (unpaired) electrons. The molecule has 0 atom stereocenters. The van der Waals surface area contributed by atoms with Gasteiger partial charge in [0.15, 0.2) is 0 Å². The van der Waals surface area contributed by atoms with Crippen molar-refractivity contribution in [2.75, 3.05) is 39.3 Å². The molecule has 1 saturated heterocycles. The van der Waals surface area contributed by atoms with Crippen LogP contribution in [0.25, 0.3) is 0 Å². The van der Waals surface area contributed by atoms with Crippen LogP contribution >= 0.6 is 11.3 Å². The third-order valence-corrected chi connectivity index (χ3v) is 4.80. The lowest BCUT2D eigenvalue weighted by molar-refractivity contribution is -0.121. The molecule has 21 heavy (non-hydrogen) atoms. The van der Waals surface area contributed by atoms with Crippen LogP contribution in [-0.2, 0) is 11.2 Å². The Labute approximate surface area is 131 Å². The standard InChI is InChI=1S/C16H27N3OS/c20-16(18-10-13-19-11-8-17-9-12-19)7-3-1-2-5-15-6-4-14-21-15/h4,6,14,17H,1-3,5,7-13H2,(H,18,20). The van der Waals surface area contributed by atoms with Gasteiger partial charge in [0.2, 0.25) is 5.91 Å². The fraction of sp³-hybridized carbons (Fsp3) is 0.688. The van der Waals surface area contributed by atoms with Crippen LogP contribution in [0.5, 0.6) is 0 Å². The zero-order chi connectivity index (χ0) is 14.8. The molecule has 0 saturated carbocycles. The zero-order valence-electron chi connectivity index (χ0n) is 12.8. The van der Waals surface area contributed by atoms with Crippen LogP contribution in [0, 0.1) is 0 Å². The summed E-state index contributed by atoms with van der Waals surface area (Å²) in [6.07, 6.45) is 5.16. The molecule has 118 valence electrons. The number of hydrogen-bond acceptors (Lipinski definition) is 4. The number of carbonyl (C=O) groups is 1. The number of thiophene rings is 1. The van der Waals surface area contributed by atoms with E-state index in [0.717, 1.165) is 58.5 Å². The fourth-order valence-electron chi connectivity index (χ4n) is 2.59. The maximum Gasteiger partial charge on any atom is 0.220 e. The summed E-state index contributed by atoms with van der Waals surface area (Å²) in [7, 11) is 0. The minimum atomic E-state index is 0.209. The van der Waals surface area contributed by atoms with E-state index >= 15 is 0 Å². The highest BCUT2D eigenvalue weighted by molar-refractivity contribution is 7.09. The quantitative estimate of drug-likeness (QED) is 0.685. The summed E-state index contributed by atoms with van der Waals surface area (Å²) in [6.45, 7) is 6.09. The Morgan fingerprint density at radius 1 is 1.29 bits per heavy atom. The van der Waals surface area contributed by atoms with Gasteiger partial charge >= 0.3 is 0 Å². The number of carbonyl (C=O) groups excluding carboxylic acids is 1. The van der Waals surface area contributed by atoms with E-state index in [9.17, 15) is 4.79 Å². The minimum absolute atomic E-state index is 0.209. The van der Waals surface area contributed by atoms with Crippen LogP contribution in [0.3, 0.4) is 0 Å². The first kappa shape index (κ1) is 16.5. The Balaban J connectivity index is 1.42. The van der Waals surface area contributed by atoms with Gasteiger partial charge < -0.3 is 10.6 Å². The van der Waals surface area contributed by atoms with Crippen molar-refractivity contribution in [3.05, 3.63) is 22.4 Å². The van der Waals surface area contributed by atoms with Crippen LogP contribution in [0.4, 0.5) is 0 Å². The number of rotatable bonds is 9. The van der Waals surface area contributed by atoms with Gasteiger partial charge in [-0.2, -0.15) is 0 Å². The van der Waals surface area contributed by atoms with E-state index in [1.165, 1.54) is 11.3 Å². The summed E-state index contributed by atoms with van der Waals surface area (Å²) in [5, 5.41) is 8.50. The van der Waals surface area contributed by atoms with Gasteiger partial charge in [0.1, 0.15) is 0 Å². The van der Waals surface area contributed by atoms with Gasteiger partial charge in [-0.3, -0.25) is 9.69 Å². The predicted molar refractivity (Wildman–Crippen MR) is 88.8 cm³/mol. The summed E-state index contributed by atoms with van der Waals surface area (Å²) >= 11 is 1.82. The molecule has 1 aromatic heterocycles. The van der Waals surface area contributed by atoms with Gasteiger partial charge in [-0.15, -0.1) is 11.3 Å². The second-order valence-electron chi connectivity index (χ2n) is 5.58. The Kier molecular flexibility index (Phi) is 7.78. The summed E-state index contributed by atoms with van der Waals surface area (Å²) in [5.74, 6) is 0.209. The molecule has 1 aromatic rings. The highest BCUT2D eigenvalue weighted by Crippen LogP contribution is 2.13. The molecule has 5 heteroatoms. The van der Waals surface area contributed by atoms with Gasteiger partial charge in [-0.05, 0) is 30.7 Å². The lowest BCUT2D eigenvalue weighted by Gasteiger charge is -2.27. The van der Waals surface area contributed by atoms with Crippen molar-refractivity contribution in [3.8, 4) is 0 Å². The van der Waals surface area contributed by atoms with Gasteiger partial charge in [-0.1, -0.05) is 12.5 Å². The number of nitrogens with one attached hydrogen (secondary N) is 2. The lowest BCUT2D eigenvalue weighted by atomic mass is 10.1. The molecule has 2 rings (SSSR count). The van der Waals surface area contributed by atoms with Crippen LogP contribution in [-0.4, -0.2) is 50.1 Å².